The maximum atomic E-state index is 3.40. The maximum Gasteiger partial charge on any atom is 0.0166 e. The molecule has 0 bridgehead atoms. The Morgan fingerprint density at radius 1 is 0.857 bits per heavy atom. The van der Waals surface area contributed by atoms with Gasteiger partial charge in [-0.25, -0.2) is 0 Å². The van der Waals surface area contributed by atoms with E-state index in [-0.39, 0.29) is 0 Å². The second-order valence-electron chi connectivity index (χ2n) is 6.51. The predicted molar refractivity (Wildman–Crippen MR) is 94.7 cm³/mol. The summed E-state index contributed by atoms with van der Waals surface area (Å²) >= 11 is 0. The molecule has 0 aliphatic carbocycles. The van der Waals surface area contributed by atoms with Crippen molar-refractivity contribution in [3.8, 4) is 0 Å². The molecule has 120 valence electrons. The van der Waals surface area contributed by atoms with E-state index in [1.165, 1.54) is 55.5 Å². The molecule has 0 aromatic rings. The van der Waals surface area contributed by atoms with E-state index < -0.39 is 0 Å². The number of hydrogen-bond acceptors (Lipinski definition) is 2. The molecule has 0 aromatic carbocycles. The maximum absolute atomic E-state index is 3.40. The van der Waals surface area contributed by atoms with E-state index in [4.69, 9.17) is 0 Å². The number of nitrogens with zero attached hydrogens (tertiary/aromatic N) is 1. The lowest BCUT2D eigenvalue weighted by molar-refractivity contribution is 0.264. The Labute approximate surface area is 132 Å². The number of allylic oxidation sites excluding steroid dienone is 5. The van der Waals surface area contributed by atoms with E-state index in [1.54, 1.807) is 0 Å². The lowest BCUT2D eigenvalue weighted by Gasteiger charge is -2.26. The van der Waals surface area contributed by atoms with Gasteiger partial charge in [0.05, 0.1) is 0 Å². The topological polar surface area (TPSA) is 15.3 Å². The summed E-state index contributed by atoms with van der Waals surface area (Å²) in [5.74, 6) is 0. The van der Waals surface area contributed by atoms with Gasteiger partial charge in [-0.2, -0.15) is 0 Å². The largest absolute Gasteiger partial charge is 0.314 e. The van der Waals surface area contributed by atoms with Crippen LogP contribution in [0.5, 0.6) is 0 Å². The molecule has 1 saturated heterocycles. The monoisotopic (exact) mass is 290 g/mol. The van der Waals surface area contributed by atoms with Gasteiger partial charge in [0.15, 0.2) is 0 Å². The third-order valence-electron chi connectivity index (χ3n) is 4.03. The number of hydrogen-bond donors (Lipinski definition) is 1. The van der Waals surface area contributed by atoms with Crippen LogP contribution in [-0.2, 0) is 0 Å². The molecule has 1 fully saturated rings. The van der Waals surface area contributed by atoms with Gasteiger partial charge in [-0.05, 0) is 53.4 Å². The fourth-order valence-corrected chi connectivity index (χ4v) is 2.52. The normalized spacial score (nSPS) is 17.9. The van der Waals surface area contributed by atoms with Gasteiger partial charge in [0.25, 0.3) is 0 Å². The first-order valence-corrected chi connectivity index (χ1v) is 8.45. The van der Waals surface area contributed by atoms with Gasteiger partial charge in [-0.3, -0.25) is 4.90 Å². The van der Waals surface area contributed by atoms with Gasteiger partial charge < -0.3 is 5.32 Å². The average Bonchev–Trinajstić information content (AvgIpc) is 2.46. The zero-order chi connectivity index (χ0) is 15.5. The van der Waals surface area contributed by atoms with E-state index in [0.717, 1.165) is 19.6 Å². The van der Waals surface area contributed by atoms with Gasteiger partial charge in [-0.1, -0.05) is 34.9 Å². The van der Waals surface area contributed by atoms with Crippen molar-refractivity contribution in [2.75, 3.05) is 32.7 Å². The Morgan fingerprint density at radius 3 is 2.05 bits per heavy atom. The van der Waals surface area contributed by atoms with E-state index in [0.29, 0.717) is 0 Å². The van der Waals surface area contributed by atoms with Crippen LogP contribution in [0, 0.1) is 0 Å². The first-order chi connectivity index (χ1) is 10.1. The second kappa shape index (κ2) is 10.8. The molecule has 1 aliphatic heterocycles. The molecular weight excluding hydrogens is 256 g/mol. The van der Waals surface area contributed by atoms with E-state index >= 15 is 0 Å². The van der Waals surface area contributed by atoms with Crippen molar-refractivity contribution in [3.05, 3.63) is 34.9 Å². The van der Waals surface area contributed by atoms with E-state index in [9.17, 15) is 0 Å². The van der Waals surface area contributed by atoms with Crippen molar-refractivity contribution in [3.63, 3.8) is 0 Å². The highest BCUT2D eigenvalue weighted by Crippen LogP contribution is 2.11. The molecule has 0 atom stereocenters. The van der Waals surface area contributed by atoms with Crippen molar-refractivity contribution in [1.82, 2.24) is 10.2 Å². The van der Waals surface area contributed by atoms with Gasteiger partial charge in [-0.15, -0.1) is 0 Å². The molecule has 2 heteroatoms. The molecule has 1 rings (SSSR count). The minimum atomic E-state index is 1.12. The van der Waals surface area contributed by atoms with E-state index in [2.05, 4.69) is 56.1 Å². The molecular formula is C19H34N2. The Bertz CT molecular complexity index is 367. The predicted octanol–water partition coefficient (Wildman–Crippen LogP) is 4.31. The summed E-state index contributed by atoms with van der Waals surface area (Å²) < 4.78 is 0. The van der Waals surface area contributed by atoms with Gasteiger partial charge in [0.2, 0.25) is 0 Å². The number of nitrogens with one attached hydrogen (secondary N) is 1. The van der Waals surface area contributed by atoms with Gasteiger partial charge >= 0.3 is 0 Å². The zero-order valence-electron chi connectivity index (χ0n) is 14.5. The first-order valence-electron chi connectivity index (χ1n) is 8.45. The smallest absolute Gasteiger partial charge is 0.0166 e. The summed E-state index contributed by atoms with van der Waals surface area (Å²) in [6.45, 7) is 14.7. The van der Waals surface area contributed by atoms with Crippen LogP contribution in [0.1, 0.15) is 53.4 Å². The fraction of sp³-hybridized carbons (Fsp3) is 0.684. The van der Waals surface area contributed by atoms with Crippen LogP contribution in [-0.4, -0.2) is 37.6 Å². The van der Waals surface area contributed by atoms with Crippen LogP contribution in [0.4, 0.5) is 0 Å². The molecule has 0 aromatic heterocycles. The third kappa shape index (κ3) is 9.65. The van der Waals surface area contributed by atoms with Crippen LogP contribution < -0.4 is 5.32 Å². The standard InChI is InChI=1S/C19H34N2/c1-17(2)7-5-8-18(3)9-6-10-19(4)11-14-21-15-12-20-13-16-21/h7,9,11,20H,5-6,8,10,12-16H2,1-4H3. The van der Waals surface area contributed by atoms with Gasteiger partial charge in [0.1, 0.15) is 0 Å². The van der Waals surface area contributed by atoms with Crippen LogP contribution in [0.25, 0.3) is 0 Å². The summed E-state index contributed by atoms with van der Waals surface area (Å²) in [4.78, 5) is 2.53. The minimum absolute atomic E-state index is 1.12. The van der Waals surface area contributed by atoms with Crippen LogP contribution in [0.2, 0.25) is 0 Å². The highest BCUT2D eigenvalue weighted by Gasteiger charge is 2.06. The lowest BCUT2D eigenvalue weighted by atomic mass is 10.1. The quantitative estimate of drug-likeness (QED) is 0.670. The van der Waals surface area contributed by atoms with Crippen molar-refractivity contribution >= 4 is 0 Å². The van der Waals surface area contributed by atoms with Crippen molar-refractivity contribution < 1.29 is 0 Å². The summed E-state index contributed by atoms with van der Waals surface area (Å²) in [5.41, 5.74) is 4.48. The summed E-state index contributed by atoms with van der Waals surface area (Å²) in [5, 5.41) is 3.40. The molecule has 0 saturated carbocycles. The van der Waals surface area contributed by atoms with Crippen LogP contribution in [0.3, 0.4) is 0 Å². The Hall–Kier alpha value is -0.860. The zero-order valence-corrected chi connectivity index (χ0v) is 14.5. The molecule has 1 aliphatic rings. The van der Waals surface area contributed by atoms with E-state index in [1.807, 2.05) is 0 Å². The second-order valence-corrected chi connectivity index (χ2v) is 6.51. The SMILES string of the molecule is CC(C)=CCCC(C)=CCCC(C)=CCN1CCNCC1. The van der Waals surface area contributed by atoms with Crippen LogP contribution in [0.15, 0.2) is 34.9 Å². The molecule has 2 nitrogen and oxygen atoms in total. The molecule has 0 amide bonds. The Balaban J connectivity index is 2.18. The molecule has 0 spiro atoms. The number of piperazine rings is 1. The molecule has 1 N–H and O–H groups in total. The van der Waals surface area contributed by atoms with Crippen molar-refractivity contribution in [1.29, 1.82) is 0 Å². The Kier molecular flexibility index (Phi) is 9.36. The third-order valence-corrected chi connectivity index (χ3v) is 4.03. The summed E-state index contributed by atoms with van der Waals surface area (Å²) in [6, 6.07) is 0. The molecule has 0 unspecified atom stereocenters. The highest BCUT2D eigenvalue weighted by molar-refractivity contribution is 5.06. The summed E-state index contributed by atoms with van der Waals surface area (Å²) in [7, 11) is 0. The minimum Gasteiger partial charge on any atom is -0.314 e. The number of rotatable bonds is 8. The molecule has 21 heavy (non-hydrogen) atoms. The average molecular weight is 290 g/mol. The van der Waals surface area contributed by atoms with Crippen molar-refractivity contribution in [2.45, 2.75) is 53.4 Å². The fourth-order valence-electron chi connectivity index (χ4n) is 2.52. The van der Waals surface area contributed by atoms with Crippen LogP contribution >= 0.6 is 0 Å². The summed E-state index contributed by atoms with van der Waals surface area (Å²) in [6.07, 6.45) is 11.9. The van der Waals surface area contributed by atoms with Crippen molar-refractivity contribution in [2.24, 2.45) is 0 Å². The molecule has 0 radical (unpaired) electrons. The highest BCUT2D eigenvalue weighted by atomic mass is 15.2. The molecule has 1 heterocycles. The lowest BCUT2D eigenvalue weighted by Crippen LogP contribution is -2.43. The Morgan fingerprint density at radius 2 is 1.43 bits per heavy atom. The van der Waals surface area contributed by atoms with Gasteiger partial charge in [0, 0.05) is 32.7 Å². The first kappa shape index (κ1) is 18.2.